The summed E-state index contributed by atoms with van der Waals surface area (Å²) in [6, 6.07) is 14.3. The highest BCUT2D eigenvalue weighted by Gasteiger charge is 2.23. The molecule has 1 fully saturated rings. The van der Waals surface area contributed by atoms with Crippen molar-refractivity contribution in [3.63, 3.8) is 0 Å². The van der Waals surface area contributed by atoms with Crippen molar-refractivity contribution in [3.8, 4) is 11.3 Å². The Balaban J connectivity index is 1.44. The lowest BCUT2D eigenvalue weighted by atomic mass is 10.1. The quantitative estimate of drug-likeness (QED) is 0.649. The minimum atomic E-state index is -0.527. The largest absolute Gasteiger partial charge is 0.353 e. The fourth-order valence-corrected chi connectivity index (χ4v) is 3.53. The van der Waals surface area contributed by atoms with Crippen LogP contribution in [0.1, 0.15) is 15.9 Å². The van der Waals surface area contributed by atoms with Gasteiger partial charge in [0.25, 0.3) is 5.91 Å². The number of hydrogen-bond donors (Lipinski definition) is 0. The molecule has 4 rings (SSSR count). The summed E-state index contributed by atoms with van der Waals surface area (Å²) in [6.45, 7) is 4.47. The first-order valence-corrected chi connectivity index (χ1v) is 9.77. The Morgan fingerprint density at radius 3 is 2.41 bits per heavy atom. The number of benzene rings is 2. The molecule has 0 N–H and O–H groups in total. The predicted octanol–water partition coefficient (Wildman–Crippen LogP) is 4.21. The van der Waals surface area contributed by atoms with Crippen molar-refractivity contribution in [3.05, 3.63) is 76.8 Å². The number of rotatable bonds is 3. The molecule has 0 aliphatic carbocycles. The van der Waals surface area contributed by atoms with E-state index in [9.17, 15) is 9.18 Å². The van der Waals surface area contributed by atoms with E-state index in [1.54, 1.807) is 11.2 Å². The summed E-state index contributed by atoms with van der Waals surface area (Å²) in [4.78, 5) is 25.4. The molecule has 0 spiro atoms. The number of aryl methyl sites for hydroxylation is 1. The van der Waals surface area contributed by atoms with Crippen molar-refractivity contribution < 1.29 is 9.18 Å². The van der Waals surface area contributed by atoms with E-state index in [1.807, 2.05) is 18.2 Å². The number of aromatic nitrogens is 2. The van der Waals surface area contributed by atoms with E-state index >= 15 is 0 Å². The number of nitrogens with zero attached hydrogens (tertiary/aromatic N) is 4. The second kappa shape index (κ2) is 8.17. The lowest BCUT2D eigenvalue weighted by Gasteiger charge is -2.35. The van der Waals surface area contributed by atoms with Crippen LogP contribution in [-0.2, 0) is 0 Å². The van der Waals surface area contributed by atoms with Crippen LogP contribution in [-0.4, -0.2) is 47.0 Å². The van der Waals surface area contributed by atoms with Crippen molar-refractivity contribution in [1.82, 2.24) is 14.9 Å². The Morgan fingerprint density at radius 2 is 1.72 bits per heavy atom. The van der Waals surface area contributed by atoms with Gasteiger partial charge in [0, 0.05) is 43.4 Å². The first kappa shape index (κ1) is 19.3. The molecule has 0 atom stereocenters. The lowest BCUT2D eigenvalue weighted by Crippen LogP contribution is -2.49. The highest BCUT2D eigenvalue weighted by atomic mass is 35.5. The average Bonchev–Trinajstić information content (AvgIpc) is 2.76. The zero-order valence-corrected chi connectivity index (χ0v) is 16.7. The molecule has 0 radical (unpaired) electrons. The van der Waals surface area contributed by atoms with Crippen LogP contribution in [0, 0.1) is 12.7 Å². The fourth-order valence-electron chi connectivity index (χ4n) is 3.35. The van der Waals surface area contributed by atoms with Crippen LogP contribution in [0.3, 0.4) is 0 Å². The Labute approximate surface area is 173 Å². The van der Waals surface area contributed by atoms with Crippen molar-refractivity contribution >= 4 is 23.3 Å². The maximum atomic E-state index is 13.3. The van der Waals surface area contributed by atoms with Gasteiger partial charge in [-0.1, -0.05) is 41.4 Å². The molecule has 0 saturated carbocycles. The van der Waals surface area contributed by atoms with Crippen LogP contribution in [0.25, 0.3) is 11.3 Å². The minimum absolute atomic E-state index is 0.0425. The monoisotopic (exact) mass is 410 g/mol. The Bertz CT molecular complexity index is 1030. The van der Waals surface area contributed by atoms with E-state index in [0.29, 0.717) is 31.7 Å². The number of halogens is 2. The summed E-state index contributed by atoms with van der Waals surface area (Å²) in [6.07, 6.45) is 1.57. The van der Waals surface area contributed by atoms with Crippen LogP contribution < -0.4 is 4.90 Å². The number of carbonyl (C=O) groups excluding carboxylic acids is 1. The number of carbonyl (C=O) groups is 1. The van der Waals surface area contributed by atoms with Gasteiger partial charge in [-0.15, -0.1) is 0 Å². The standard InChI is InChI=1S/C22H20ClFN4O/c1-15-2-4-16(5-3-15)20-13-21(26-14-25-20)27-8-10-28(11-9-27)22(29)17-6-7-19(24)18(23)12-17/h2-7,12-14H,8-11H2,1H3. The smallest absolute Gasteiger partial charge is 0.254 e. The molecular weight excluding hydrogens is 391 g/mol. The van der Waals surface area contributed by atoms with Gasteiger partial charge >= 0.3 is 0 Å². The van der Waals surface area contributed by atoms with Crippen molar-refractivity contribution in [2.75, 3.05) is 31.1 Å². The molecule has 148 valence electrons. The van der Waals surface area contributed by atoms with E-state index in [4.69, 9.17) is 11.6 Å². The third-order valence-electron chi connectivity index (χ3n) is 5.06. The molecule has 3 aromatic rings. The van der Waals surface area contributed by atoms with Gasteiger partial charge in [0.2, 0.25) is 0 Å². The van der Waals surface area contributed by atoms with E-state index in [2.05, 4.69) is 33.9 Å². The maximum absolute atomic E-state index is 13.3. The number of amides is 1. The van der Waals surface area contributed by atoms with E-state index in [1.165, 1.54) is 23.8 Å². The molecule has 0 unspecified atom stereocenters. The maximum Gasteiger partial charge on any atom is 0.254 e. The minimum Gasteiger partial charge on any atom is -0.353 e. The van der Waals surface area contributed by atoms with Gasteiger partial charge < -0.3 is 9.80 Å². The highest BCUT2D eigenvalue weighted by molar-refractivity contribution is 6.31. The van der Waals surface area contributed by atoms with Crippen molar-refractivity contribution in [2.24, 2.45) is 0 Å². The summed E-state index contributed by atoms with van der Waals surface area (Å²) < 4.78 is 13.3. The molecule has 1 aliphatic heterocycles. The molecule has 2 heterocycles. The highest BCUT2D eigenvalue weighted by Crippen LogP contribution is 2.23. The summed E-state index contributed by atoms with van der Waals surface area (Å²) in [5.41, 5.74) is 3.51. The second-order valence-electron chi connectivity index (χ2n) is 7.04. The zero-order valence-electron chi connectivity index (χ0n) is 16.0. The Kier molecular flexibility index (Phi) is 5.45. The summed E-state index contributed by atoms with van der Waals surface area (Å²) >= 11 is 5.81. The molecule has 1 aliphatic rings. The van der Waals surface area contributed by atoms with E-state index in [0.717, 1.165) is 17.1 Å². The molecule has 1 amide bonds. The van der Waals surface area contributed by atoms with Crippen LogP contribution >= 0.6 is 11.6 Å². The van der Waals surface area contributed by atoms with Gasteiger partial charge in [0.05, 0.1) is 10.7 Å². The number of hydrogen-bond acceptors (Lipinski definition) is 4. The topological polar surface area (TPSA) is 49.3 Å². The average molecular weight is 411 g/mol. The van der Waals surface area contributed by atoms with Crippen LogP contribution in [0.4, 0.5) is 10.2 Å². The van der Waals surface area contributed by atoms with Gasteiger partial charge in [-0.05, 0) is 25.1 Å². The van der Waals surface area contributed by atoms with Gasteiger partial charge in [0.1, 0.15) is 18.0 Å². The van der Waals surface area contributed by atoms with Crippen LogP contribution in [0.15, 0.2) is 54.9 Å². The van der Waals surface area contributed by atoms with Crippen LogP contribution in [0.2, 0.25) is 5.02 Å². The SMILES string of the molecule is Cc1ccc(-c2cc(N3CCN(C(=O)c4ccc(F)c(Cl)c4)CC3)ncn2)cc1. The molecule has 5 nitrogen and oxygen atoms in total. The van der Waals surface area contributed by atoms with Gasteiger partial charge in [0.15, 0.2) is 0 Å². The molecule has 1 aromatic heterocycles. The Morgan fingerprint density at radius 1 is 1.00 bits per heavy atom. The molecule has 0 bridgehead atoms. The first-order chi connectivity index (χ1) is 14.0. The summed E-state index contributed by atoms with van der Waals surface area (Å²) in [5.74, 6) is 0.170. The Hall–Kier alpha value is -2.99. The molecular formula is C22H20ClFN4O. The number of anilines is 1. The van der Waals surface area contributed by atoms with Crippen LogP contribution in [0.5, 0.6) is 0 Å². The lowest BCUT2D eigenvalue weighted by molar-refractivity contribution is 0.0746. The molecule has 7 heteroatoms. The predicted molar refractivity (Wildman–Crippen MR) is 112 cm³/mol. The number of piperazine rings is 1. The normalized spacial score (nSPS) is 14.2. The van der Waals surface area contributed by atoms with E-state index < -0.39 is 5.82 Å². The molecule has 29 heavy (non-hydrogen) atoms. The fraction of sp³-hybridized carbons (Fsp3) is 0.227. The summed E-state index contributed by atoms with van der Waals surface area (Å²) in [5, 5.41) is -0.0425. The van der Waals surface area contributed by atoms with Gasteiger partial charge in [-0.3, -0.25) is 4.79 Å². The van der Waals surface area contributed by atoms with Crippen molar-refractivity contribution in [2.45, 2.75) is 6.92 Å². The third-order valence-corrected chi connectivity index (χ3v) is 5.35. The summed E-state index contributed by atoms with van der Waals surface area (Å²) in [7, 11) is 0. The van der Waals surface area contributed by atoms with Gasteiger partial charge in [-0.25, -0.2) is 14.4 Å². The second-order valence-corrected chi connectivity index (χ2v) is 7.44. The van der Waals surface area contributed by atoms with E-state index in [-0.39, 0.29) is 10.9 Å². The molecule has 2 aromatic carbocycles. The molecule has 1 saturated heterocycles. The van der Waals surface area contributed by atoms with Crippen molar-refractivity contribution in [1.29, 1.82) is 0 Å². The first-order valence-electron chi connectivity index (χ1n) is 9.39. The van der Waals surface area contributed by atoms with Gasteiger partial charge in [-0.2, -0.15) is 0 Å². The third kappa shape index (κ3) is 4.22. The zero-order chi connectivity index (χ0) is 20.4.